The van der Waals surface area contributed by atoms with Crippen LogP contribution in [0.5, 0.6) is 0 Å². The summed E-state index contributed by atoms with van der Waals surface area (Å²) < 4.78 is 0. The van der Waals surface area contributed by atoms with Crippen LogP contribution in [0.1, 0.15) is 34.3 Å². The van der Waals surface area contributed by atoms with Gasteiger partial charge in [0.1, 0.15) is 0 Å². The molecule has 1 heterocycles. The maximum atomic E-state index is 13.2. The molecule has 0 aliphatic heterocycles. The van der Waals surface area contributed by atoms with E-state index in [1.54, 1.807) is 0 Å². The lowest BCUT2D eigenvalue weighted by molar-refractivity contribution is -0.344. The van der Waals surface area contributed by atoms with E-state index in [2.05, 4.69) is 10.3 Å². The Morgan fingerprint density at radius 3 is 2.29 bits per heavy atom. The second-order valence-corrected chi connectivity index (χ2v) is 8.56. The predicted molar refractivity (Wildman–Crippen MR) is 127 cm³/mol. The third kappa shape index (κ3) is 5.07. The zero-order valence-corrected chi connectivity index (χ0v) is 18.6. The van der Waals surface area contributed by atoms with Crippen molar-refractivity contribution >= 4 is 40.0 Å². The van der Waals surface area contributed by atoms with Crippen molar-refractivity contribution < 1.29 is 9.78 Å². The summed E-state index contributed by atoms with van der Waals surface area (Å²) in [6.07, 6.45) is 2.62. The van der Waals surface area contributed by atoms with Gasteiger partial charge in [-0.1, -0.05) is 53.5 Å². The molecule has 1 aromatic heterocycles. The molecule has 4 rings (SSSR count). The van der Waals surface area contributed by atoms with Crippen LogP contribution in [-0.4, -0.2) is 11.9 Å². The first-order chi connectivity index (χ1) is 15.0. The van der Waals surface area contributed by atoms with E-state index in [1.165, 1.54) is 0 Å². The number of H-pyrrole nitrogens is 1. The normalized spacial score (nSPS) is 13.0. The molecular weight excluding hydrogens is 427 g/mol. The molecule has 31 heavy (non-hydrogen) atoms. The Labute approximate surface area is 192 Å². The summed E-state index contributed by atoms with van der Waals surface area (Å²) in [4.78, 5) is 16.4. The Morgan fingerprint density at radius 1 is 0.903 bits per heavy atom. The molecule has 0 spiro atoms. The fraction of sp³-hybridized carbons (Fsp3) is 0.154. The van der Waals surface area contributed by atoms with E-state index in [4.69, 9.17) is 23.2 Å². The van der Waals surface area contributed by atoms with Crippen molar-refractivity contribution in [2.24, 2.45) is 0 Å². The summed E-state index contributed by atoms with van der Waals surface area (Å²) in [5.41, 5.74) is 3.87. The number of amides is 1. The first-order valence-corrected chi connectivity index (χ1v) is 11.0. The molecule has 0 radical (unpaired) electrons. The van der Waals surface area contributed by atoms with E-state index in [1.807, 2.05) is 92.0 Å². The van der Waals surface area contributed by atoms with Gasteiger partial charge >= 0.3 is 0 Å². The van der Waals surface area contributed by atoms with Crippen molar-refractivity contribution in [3.8, 4) is 0 Å². The number of nitrogens with one attached hydrogen (secondary N) is 2. The van der Waals surface area contributed by atoms with Gasteiger partial charge in [-0.05, 0) is 60.9 Å². The molecule has 2 N–H and O–H groups in total. The lowest BCUT2D eigenvalue weighted by Gasteiger charge is -2.26. The van der Waals surface area contributed by atoms with Crippen molar-refractivity contribution in [3.63, 3.8) is 0 Å². The summed E-state index contributed by atoms with van der Waals surface area (Å²) >= 11 is 12.2. The molecule has 156 valence electrons. The van der Waals surface area contributed by atoms with Crippen LogP contribution >= 0.6 is 23.2 Å². The summed E-state index contributed by atoms with van der Waals surface area (Å²) in [5.74, 6) is -0.0169. The molecule has 0 unspecified atom stereocenters. The van der Waals surface area contributed by atoms with Gasteiger partial charge in [0, 0.05) is 34.1 Å². The molecule has 4 aromatic rings. The number of carbonyl (C=O) groups is 1. The minimum absolute atomic E-state index is 0.0731. The van der Waals surface area contributed by atoms with E-state index < -0.39 is 0 Å². The highest BCUT2D eigenvalue weighted by atomic mass is 35.5. The van der Waals surface area contributed by atoms with Gasteiger partial charge < -0.3 is 5.32 Å². The molecule has 3 nitrogen and oxygen atoms in total. The Kier molecular flexibility index (Phi) is 6.55. The average molecular weight is 450 g/mol. The molecule has 2 atom stereocenters. The summed E-state index contributed by atoms with van der Waals surface area (Å²) in [7, 11) is 0. The summed E-state index contributed by atoms with van der Waals surface area (Å²) in [6.45, 7) is 2.05. The van der Waals surface area contributed by atoms with Crippen LogP contribution in [0.3, 0.4) is 0 Å². The first-order valence-electron chi connectivity index (χ1n) is 10.2. The van der Waals surface area contributed by atoms with Gasteiger partial charge in [0.25, 0.3) is 5.91 Å². The van der Waals surface area contributed by atoms with Crippen LogP contribution in [0.25, 0.3) is 10.9 Å². The Bertz CT molecular complexity index is 1180. The minimum Gasteiger partial charge on any atom is -0.349 e. The number of halogens is 2. The standard InChI is InChI=1S/C26H22Cl2N2O/c1-17(30-26(31)23-4-2-6-25-22(23)5-3-15-29-25)24(19-9-13-21(28)14-10-19)16-18-7-11-20(27)12-8-18/h2-15,17,24H,16H2,1H3,(H,30,31)/p+1/t17-,24+/m1/s1. The van der Waals surface area contributed by atoms with E-state index in [-0.39, 0.29) is 17.9 Å². The van der Waals surface area contributed by atoms with Gasteiger partial charge in [-0.15, -0.1) is 0 Å². The van der Waals surface area contributed by atoms with E-state index in [0.717, 1.165) is 28.5 Å². The van der Waals surface area contributed by atoms with Crippen LogP contribution in [0.4, 0.5) is 0 Å². The van der Waals surface area contributed by atoms with Crippen molar-refractivity contribution in [1.82, 2.24) is 5.32 Å². The molecular formula is C26H23Cl2N2O+. The van der Waals surface area contributed by atoms with Crippen molar-refractivity contribution in [2.45, 2.75) is 25.3 Å². The molecule has 1 amide bonds. The molecule has 0 fully saturated rings. The number of rotatable bonds is 6. The van der Waals surface area contributed by atoms with Crippen LogP contribution in [0.2, 0.25) is 10.0 Å². The summed E-state index contributed by atoms with van der Waals surface area (Å²) in [6, 6.07) is 25.1. The third-order valence-electron chi connectivity index (χ3n) is 5.58. The maximum absolute atomic E-state index is 13.2. The SMILES string of the molecule is C[C@@H](NC(=O)c1cccc2[nH+]cccc12)[C@H](Cc1ccc(Cl)cc1)c1ccc(Cl)cc1. The lowest BCUT2D eigenvalue weighted by atomic mass is 9.86. The second-order valence-electron chi connectivity index (χ2n) is 7.69. The first kappa shape index (κ1) is 21.4. The second kappa shape index (κ2) is 9.51. The molecule has 0 aliphatic carbocycles. The van der Waals surface area contributed by atoms with Crippen molar-refractivity contribution in [2.75, 3.05) is 0 Å². The lowest BCUT2D eigenvalue weighted by Crippen LogP contribution is -2.38. The third-order valence-corrected chi connectivity index (χ3v) is 6.08. The zero-order valence-electron chi connectivity index (χ0n) is 17.1. The number of pyridine rings is 1. The highest BCUT2D eigenvalue weighted by Crippen LogP contribution is 2.27. The quantitative estimate of drug-likeness (QED) is 0.379. The molecule has 0 bridgehead atoms. The molecule has 5 heteroatoms. The van der Waals surface area contributed by atoms with Gasteiger partial charge in [-0.3, -0.25) is 4.79 Å². The van der Waals surface area contributed by atoms with Crippen molar-refractivity contribution in [3.05, 3.63) is 112 Å². The Morgan fingerprint density at radius 2 is 1.58 bits per heavy atom. The monoisotopic (exact) mass is 449 g/mol. The number of carbonyl (C=O) groups excluding carboxylic acids is 1. The number of benzene rings is 3. The number of hydrogen-bond acceptors (Lipinski definition) is 1. The van der Waals surface area contributed by atoms with Crippen LogP contribution in [0, 0.1) is 0 Å². The Balaban J connectivity index is 1.61. The average Bonchev–Trinajstić information content (AvgIpc) is 2.79. The predicted octanol–water partition coefficient (Wildman–Crippen LogP) is 6.11. The van der Waals surface area contributed by atoms with Gasteiger partial charge in [0.15, 0.2) is 6.20 Å². The Hall–Kier alpha value is -2.88. The molecule has 3 aromatic carbocycles. The topological polar surface area (TPSA) is 43.2 Å². The van der Waals surface area contributed by atoms with Crippen molar-refractivity contribution in [1.29, 1.82) is 0 Å². The fourth-order valence-electron chi connectivity index (χ4n) is 3.90. The highest BCUT2D eigenvalue weighted by molar-refractivity contribution is 6.30. The molecule has 0 aliphatic rings. The van der Waals surface area contributed by atoms with Crippen LogP contribution < -0.4 is 10.3 Å². The van der Waals surface area contributed by atoms with Gasteiger partial charge in [0.2, 0.25) is 5.52 Å². The highest BCUT2D eigenvalue weighted by Gasteiger charge is 2.23. The molecule has 0 saturated heterocycles. The smallest absolute Gasteiger partial charge is 0.252 e. The van der Waals surface area contributed by atoms with Crippen LogP contribution in [0.15, 0.2) is 85.1 Å². The minimum atomic E-state index is -0.104. The zero-order chi connectivity index (χ0) is 21.8. The van der Waals surface area contributed by atoms with E-state index in [9.17, 15) is 4.79 Å². The van der Waals surface area contributed by atoms with E-state index in [0.29, 0.717) is 15.6 Å². The number of hydrogen-bond donors (Lipinski definition) is 1. The maximum Gasteiger partial charge on any atom is 0.252 e. The van der Waals surface area contributed by atoms with Gasteiger partial charge in [0.05, 0.1) is 10.9 Å². The van der Waals surface area contributed by atoms with Gasteiger partial charge in [-0.2, -0.15) is 0 Å². The fourth-order valence-corrected chi connectivity index (χ4v) is 4.16. The summed E-state index contributed by atoms with van der Waals surface area (Å²) in [5, 5.41) is 5.52. The van der Waals surface area contributed by atoms with Gasteiger partial charge in [-0.25, -0.2) is 4.98 Å². The molecule has 0 saturated carbocycles. The van der Waals surface area contributed by atoms with Crippen LogP contribution in [-0.2, 0) is 6.42 Å². The largest absolute Gasteiger partial charge is 0.349 e. The number of fused-ring (bicyclic) bond motifs is 1. The number of aromatic nitrogens is 1. The number of aromatic amines is 1. The van der Waals surface area contributed by atoms with E-state index >= 15 is 0 Å².